The number of rotatable bonds is 5. The maximum Gasteiger partial charge on any atom is 0.337 e. The fraction of sp³-hybridized carbons (Fsp3) is 0.273. The molecule has 7 nitrogen and oxygen atoms in total. The Morgan fingerprint density at radius 1 is 1.35 bits per heavy atom. The molecule has 0 aliphatic carbocycles. The van der Waals surface area contributed by atoms with Gasteiger partial charge in [0.25, 0.3) is 0 Å². The van der Waals surface area contributed by atoms with Crippen molar-refractivity contribution in [3.8, 4) is 0 Å². The number of carboxylic acids is 1. The van der Waals surface area contributed by atoms with Crippen LogP contribution in [0.4, 0.5) is 0 Å². The minimum absolute atomic E-state index is 0.0104. The van der Waals surface area contributed by atoms with Gasteiger partial charge in [0.2, 0.25) is 10.0 Å². The smallest absolute Gasteiger partial charge is 0.337 e. The number of carbonyl (C=O) groups excluding carboxylic acids is 1. The van der Waals surface area contributed by atoms with Crippen molar-refractivity contribution in [3.63, 3.8) is 0 Å². The molecule has 1 rings (SSSR count). The molecule has 2 N–H and O–H groups in total. The number of sulfonamides is 1. The Morgan fingerprint density at radius 2 is 1.95 bits per heavy atom. The summed E-state index contributed by atoms with van der Waals surface area (Å²) in [6.07, 6.45) is 0. The predicted molar refractivity (Wildman–Crippen MR) is 70.2 cm³/mol. The van der Waals surface area contributed by atoms with Gasteiger partial charge in [-0.05, 0) is 25.1 Å². The van der Waals surface area contributed by atoms with Crippen molar-refractivity contribution in [2.75, 3.05) is 7.11 Å². The second-order valence-corrected chi connectivity index (χ2v) is 6.00. The first-order valence-corrected chi connectivity index (χ1v) is 7.17. The summed E-state index contributed by atoms with van der Waals surface area (Å²) in [4.78, 5) is 21.7. The first kappa shape index (κ1) is 16.4. The Bertz CT molecular complexity index is 642. The maximum absolute atomic E-state index is 12.0. The van der Waals surface area contributed by atoms with Crippen molar-refractivity contribution in [1.82, 2.24) is 4.72 Å². The lowest BCUT2D eigenvalue weighted by molar-refractivity contribution is -0.138. The lowest BCUT2D eigenvalue weighted by atomic mass is 10.2. The predicted octanol–water partition coefficient (Wildman–Crippen LogP) is 0.878. The molecule has 0 aliphatic heterocycles. The number of hydrogen-bond acceptors (Lipinski definition) is 5. The lowest BCUT2D eigenvalue weighted by Gasteiger charge is -2.11. The van der Waals surface area contributed by atoms with Gasteiger partial charge in [-0.2, -0.15) is 4.72 Å². The van der Waals surface area contributed by atoms with Crippen LogP contribution in [0.2, 0.25) is 5.02 Å². The summed E-state index contributed by atoms with van der Waals surface area (Å²) in [5, 5.41) is 8.71. The standard InChI is InChI=1S/C11H12ClNO6S/c1-6(10(14)15)13-20(17,18)9-4-7(11(16)19-2)3-8(12)5-9/h3-6,13H,1-2H3,(H,14,15)/t6-/m0/s1. The average molecular weight is 322 g/mol. The molecule has 1 atom stereocenters. The van der Waals surface area contributed by atoms with Gasteiger partial charge in [-0.1, -0.05) is 11.6 Å². The van der Waals surface area contributed by atoms with E-state index in [2.05, 4.69) is 4.74 Å². The maximum atomic E-state index is 12.0. The Balaban J connectivity index is 3.22. The third-order valence-corrected chi connectivity index (χ3v) is 4.04. The monoisotopic (exact) mass is 321 g/mol. The SMILES string of the molecule is COC(=O)c1cc(Cl)cc(S(=O)(=O)N[C@@H](C)C(=O)O)c1. The molecule has 0 aromatic heterocycles. The number of halogens is 1. The van der Waals surface area contributed by atoms with Crippen LogP contribution in [0.1, 0.15) is 17.3 Å². The molecule has 0 fully saturated rings. The quantitative estimate of drug-likeness (QED) is 0.779. The molecule has 0 spiro atoms. The fourth-order valence-electron chi connectivity index (χ4n) is 1.30. The minimum atomic E-state index is -4.11. The molecule has 0 bridgehead atoms. The molecule has 1 aromatic carbocycles. The van der Waals surface area contributed by atoms with E-state index < -0.39 is 28.0 Å². The molecule has 0 amide bonds. The van der Waals surface area contributed by atoms with Crippen molar-refractivity contribution in [2.24, 2.45) is 0 Å². The highest BCUT2D eigenvalue weighted by Gasteiger charge is 2.23. The number of carboxylic acid groups (broad SMARTS) is 1. The number of methoxy groups -OCH3 is 1. The van der Waals surface area contributed by atoms with Gasteiger partial charge in [0.05, 0.1) is 17.6 Å². The molecular weight excluding hydrogens is 310 g/mol. The van der Waals surface area contributed by atoms with E-state index in [0.29, 0.717) is 0 Å². The Hall–Kier alpha value is -1.64. The molecule has 0 saturated carbocycles. The van der Waals surface area contributed by atoms with Crippen molar-refractivity contribution in [3.05, 3.63) is 28.8 Å². The number of aliphatic carboxylic acids is 1. The molecule has 20 heavy (non-hydrogen) atoms. The topological polar surface area (TPSA) is 110 Å². The molecule has 110 valence electrons. The summed E-state index contributed by atoms with van der Waals surface area (Å²) in [5.41, 5.74) is -0.0525. The Morgan fingerprint density at radius 3 is 2.45 bits per heavy atom. The number of hydrogen-bond donors (Lipinski definition) is 2. The first-order chi connectivity index (χ1) is 9.17. The van der Waals surface area contributed by atoms with Crippen LogP contribution in [0.3, 0.4) is 0 Å². The van der Waals surface area contributed by atoms with Crippen LogP contribution in [0.25, 0.3) is 0 Å². The number of esters is 1. The van der Waals surface area contributed by atoms with Crippen molar-refractivity contribution < 1.29 is 27.9 Å². The highest BCUT2D eigenvalue weighted by Crippen LogP contribution is 2.20. The van der Waals surface area contributed by atoms with Gasteiger partial charge in [-0.3, -0.25) is 4.79 Å². The number of ether oxygens (including phenoxy) is 1. The molecule has 0 heterocycles. The zero-order valence-electron chi connectivity index (χ0n) is 10.6. The van der Waals surface area contributed by atoms with Crippen LogP contribution < -0.4 is 4.72 Å². The van der Waals surface area contributed by atoms with Crippen LogP contribution in [0.5, 0.6) is 0 Å². The van der Waals surface area contributed by atoms with Crippen molar-refractivity contribution in [2.45, 2.75) is 17.9 Å². The van der Waals surface area contributed by atoms with Gasteiger partial charge in [0, 0.05) is 5.02 Å². The van der Waals surface area contributed by atoms with Crippen LogP contribution in [0, 0.1) is 0 Å². The summed E-state index contributed by atoms with van der Waals surface area (Å²) in [6.45, 7) is 1.17. The highest BCUT2D eigenvalue weighted by atomic mass is 35.5. The summed E-state index contributed by atoms with van der Waals surface area (Å²) in [6, 6.07) is 2.08. The lowest BCUT2D eigenvalue weighted by Crippen LogP contribution is -2.38. The third kappa shape index (κ3) is 3.92. The van der Waals surface area contributed by atoms with Gasteiger partial charge in [0.1, 0.15) is 6.04 Å². The van der Waals surface area contributed by atoms with Gasteiger partial charge in [-0.15, -0.1) is 0 Å². The summed E-state index contributed by atoms with van der Waals surface area (Å²) in [5.74, 6) is -2.08. The Kier molecular flexibility index (Phi) is 5.09. The van der Waals surface area contributed by atoms with E-state index in [0.717, 1.165) is 19.2 Å². The molecule has 0 unspecified atom stereocenters. The average Bonchev–Trinajstić information content (AvgIpc) is 2.36. The van der Waals surface area contributed by atoms with E-state index in [1.165, 1.54) is 13.0 Å². The minimum Gasteiger partial charge on any atom is -0.480 e. The third-order valence-electron chi connectivity index (χ3n) is 2.31. The van der Waals surface area contributed by atoms with Crippen LogP contribution in [-0.2, 0) is 19.6 Å². The second kappa shape index (κ2) is 6.21. The Labute approximate surface area is 120 Å². The molecule has 1 aromatic rings. The molecule has 0 aliphatic rings. The van der Waals surface area contributed by atoms with Gasteiger partial charge < -0.3 is 9.84 Å². The van der Waals surface area contributed by atoms with Gasteiger partial charge >= 0.3 is 11.9 Å². The van der Waals surface area contributed by atoms with Gasteiger partial charge in [0.15, 0.2) is 0 Å². The van der Waals surface area contributed by atoms with Gasteiger partial charge in [-0.25, -0.2) is 13.2 Å². The number of benzene rings is 1. The zero-order chi connectivity index (χ0) is 15.5. The molecular formula is C11H12ClNO6S. The van der Waals surface area contributed by atoms with Crippen LogP contribution in [0.15, 0.2) is 23.1 Å². The van der Waals surface area contributed by atoms with E-state index >= 15 is 0 Å². The van der Waals surface area contributed by atoms with E-state index in [-0.39, 0.29) is 15.5 Å². The van der Waals surface area contributed by atoms with E-state index in [4.69, 9.17) is 16.7 Å². The second-order valence-electron chi connectivity index (χ2n) is 3.85. The van der Waals surface area contributed by atoms with E-state index in [1.54, 1.807) is 0 Å². The molecule has 9 heteroatoms. The number of nitrogens with one attached hydrogen (secondary N) is 1. The first-order valence-electron chi connectivity index (χ1n) is 5.31. The largest absolute Gasteiger partial charge is 0.480 e. The summed E-state index contributed by atoms with van der Waals surface area (Å²) in [7, 11) is -2.97. The van der Waals surface area contributed by atoms with Crippen LogP contribution >= 0.6 is 11.6 Å². The summed E-state index contributed by atoms with van der Waals surface area (Å²) < 4.78 is 30.4. The summed E-state index contributed by atoms with van der Waals surface area (Å²) >= 11 is 5.74. The molecule has 0 radical (unpaired) electrons. The normalized spacial score (nSPS) is 12.8. The van der Waals surface area contributed by atoms with E-state index in [9.17, 15) is 18.0 Å². The highest BCUT2D eigenvalue weighted by molar-refractivity contribution is 7.89. The zero-order valence-corrected chi connectivity index (χ0v) is 12.2. The van der Waals surface area contributed by atoms with E-state index in [1.807, 2.05) is 4.72 Å². The van der Waals surface area contributed by atoms with Crippen molar-refractivity contribution in [1.29, 1.82) is 0 Å². The van der Waals surface area contributed by atoms with Crippen LogP contribution in [-0.4, -0.2) is 38.6 Å². The number of carbonyl (C=O) groups is 2. The molecule has 0 saturated heterocycles. The fourth-order valence-corrected chi connectivity index (χ4v) is 2.87. The van der Waals surface area contributed by atoms with Crippen molar-refractivity contribution >= 4 is 33.6 Å².